The quantitative estimate of drug-likeness (QED) is 0.805. The Morgan fingerprint density at radius 3 is 2.44 bits per heavy atom. The maximum atomic E-state index is 11.1. The summed E-state index contributed by atoms with van der Waals surface area (Å²) in [7, 11) is 0. The SMILES string of the molecule is Cc1ccc(C2C(C(=O)O)C2(C)C)c(O)c1. The summed E-state index contributed by atoms with van der Waals surface area (Å²) in [5, 5.41) is 18.9. The molecule has 0 saturated heterocycles. The van der Waals surface area contributed by atoms with E-state index in [1.165, 1.54) is 0 Å². The van der Waals surface area contributed by atoms with Crippen LogP contribution in [0.1, 0.15) is 30.9 Å². The van der Waals surface area contributed by atoms with Gasteiger partial charge in [-0.1, -0.05) is 26.0 Å². The Labute approximate surface area is 94.7 Å². The second-order valence-corrected chi connectivity index (χ2v) is 5.18. The first kappa shape index (κ1) is 11.0. The molecular weight excluding hydrogens is 204 g/mol. The third-order valence-electron chi connectivity index (χ3n) is 3.61. The number of benzene rings is 1. The maximum absolute atomic E-state index is 11.1. The van der Waals surface area contributed by atoms with Crippen molar-refractivity contribution in [2.24, 2.45) is 11.3 Å². The van der Waals surface area contributed by atoms with Crippen LogP contribution >= 0.6 is 0 Å². The van der Waals surface area contributed by atoms with E-state index in [0.29, 0.717) is 0 Å². The molecule has 2 N–H and O–H groups in total. The zero-order valence-corrected chi connectivity index (χ0v) is 9.69. The van der Waals surface area contributed by atoms with Gasteiger partial charge >= 0.3 is 5.97 Å². The highest BCUT2D eigenvalue weighted by Gasteiger charge is 2.63. The van der Waals surface area contributed by atoms with E-state index in [4.69, 9.17) is 5.11 Å². The average molecular weight is 220 g/mol. The third-order valence-corrected chi connectivity index (χ3v) is 3.61. The largest absolute Gasteiger partial charge is 0.508 e. The van der Waals surface area contributed by atoms with E-state index in [2.05, 4.69) is 0 Å². The summed E-state index contributed by atoms with van der Waals surface area (Å²) >= 11 is 0. The standard InChI is InChI=1S/C13H16O3/c1-7-4-5-8(9(14)6-7)10-11(12(15)16)13(10,2)3/h4-6,10-11,14H,1-3H3,(H,15,16). The fraction of sp³-hybridized carbons (Fsp3) is 0.462. The summed E-state index contributed by atoms with van der Waals surface area (Å²) in [5.74, 6) is -1.04. The van der Waals surface area contributed by atoms with Gasteiger partial charge in [-0.2, -0.15) is 0 Å². The number of hydrogen-bond acceptors (Lipinski definition) is 2. The van der Waals surface area contributed by atoms with Crippen molar-refractivity contribution in [3.8, 4) is 5.75 Å². The number of rotatable bonds is 2. The Hall–Kier alpha value is -1.51. The van der Waals surface area contributed by atoms with Crippen molar-refractivity contribution in [1.82, 2.24) is 0 Å². The molecule has 0 bridgehead atoms. The number of hydrogen-bond donors (Lipinski definition) is 2. The zero-order chi connectivity index (χ0) is 12.1. The Morgan fingerprint density at radius 1 is 1.38 bits per heavy atom. The van der Waals surface area contributed by atoms with Crippen molar-refractivity contribution in [1.29, 1.82) is 0 Å². The van der Waals surface area contributed by atoms with Crippen LogP contribution < -0.4 is 0 Å². The summed E-state index contributed by atoms with van der Waals surface area (Å²) < 4.78 is 0. The highest BCUT2D eigenvalue weighted by molar-refractivity contribution is 5.78. The fourth-order valence-corrected chi connectivity index (χ4v) is 2.60. The minimum atomic E-state index is -0.782. The first-order valence-electron chi connectivity index (χ1n) is 5.38. The molecule has 2 atom stereocenters. The van der Waals surface area contributed by atoms with Crippen molar-refractivity contribution in [2.45, 2.75) is 26.7 Å². The molecule has 0 amide bonds. The van der Waals surface area contributed by atoms with E-state index in [-0.39, 0.29) is 23.0 Å². The number of carboxylic acids is 1. The van der Waals surface area contributed by atoms with Crippen molar-refractivity contribution < 1.29 is 15.0 Å². The Kier molecular flexibility index (Phi) is 2.22. The molecule has 1 aromatic carbocycles. The molecule has 1 fully saturated rings. The average Bonchev–Trinajstić information content (AvgIpc) is 2.69. The fourth-order valence-electron chi connectivity index (χ4n) is 2.60. The molecule has 1 aromatic rings. The van der Waals surface area contributed by atoms with E-state index in [1.807, 2.05) is 32.9 Å². The number of carboxylic acid groups (broad SMARTS) is 1. The van der Waals surface area contributed by atoms with E-state index in [9.17, 15) is 9.90 Å². The van der Waals surface area contributed by atoms with Gasteiger partial charge in [-0.15, -0.1) is 0 Å². The molecule has 0 heterocycles. The van der Waals surface area contributed by atoms with E-state index >= 15 is 0 Å². The van der Waals surface area contributed by atoms with E-state index < -0.39 is 5.97 Å². The molecule has 1 saturated carbocycles. The number of carbonyl (C=O) groups is 1. The van der Waals surface area contributed by atoms with Gasteiger partial charge in [0.15, 0.2) is 0 Å². The minimum absolute atomic E-state index is 0.0781. The second-order valence-electron chi connectivity index (χ2n) is 5.18. The Balaban J connectivity index is 2.37. The smallest absolute Gasteiger partial charge is 0.307 e. The summed E-state index contributed by atoms with van der Waals surface area (Å²) in [5.41, 5.74) is 1.47. The lowest BCUT2D eigenvalue weighted by atomic mass is 10.0. The zero-order valence-electron chi connectivity index (χ0n) is 9.69. The molecule has 3 heteroatoms. The second kappa shape index (κ2) is 3.24. The summed E-state index contributed by atoms with van der Waals surface area (Å²) in [6.07, 6.45) is 0. The molecule has 2 unspecified atom stereocenters. The van der Waals surface area contributed by atoms with Crippen LogP contribution in [-0.2, 0) is 4.79 Å². The van der Waals surface area contributed by atoms with Crippen LogP contribution in [-0.4, -0.2) is 16.2 Å². The van der Waals surface area contributed by atoms with Crippen molar-refractivity contribution >= 4 is 5.97 Å². The lowest BCUT2D eigenvalue weighted by Gasteiger charge is -2.06. The molecular formula is C13H16O3. The van der Waals surface area contributed by atoms with Gasteiger partial charge in [0, 0.05) is 5.92 Å². The van der Waals surface area contributed by atoms with Gasteiger partial charge in [0.25, 0.3) is 0 Å². The van der Waals surface area contributed by atoms with Gasteiger partial charge in [0.05, 0.1) is 5.92 Å². The molecule has 0 aliphatic heterocycles. The topological polar surface area (TPSA) is 57.5 Å². The molecule has 0 aromatic heterocycles. The van der Waals surface area contributed by atoms with Crippen LogP contribution in [0.15, 0.2) is 18.2 Å². The van der Waals surface area contributed by atoms with Crippen LogP contribution in [0.3, 0.4) is 0 Å². The minimum Gasteiger partial charge on any atom is -0.508 e. The highest BCUT2D eigenvalue weighted by atomic mass is 16.4. The molecule has 0 radical (unpaired) electrons. The van der Waals surface area contributed by atoms with Crippen molar-refractivity contribution in [2.75, 3.05) is 0 Å². The van der Waals surface area contributed by atoms with Crippen molar-refractivity contribution in [3.63, 3.8) is 0 Å². The summed E-state index contributed by atoms with van der Waals surface area (Å²) in [6.45, 7) is 5.75. The molecule has 1 aliphatic rings. The van der Waals surface area contributed by atoms with Crippen LogP contribution in [0.25, 0.3) is 0 Å². The molecule has 3 nitrogen and oxygen atoms in total. The van der Waals surface area contributed by atoms with E-state index in [1.54, 1.807) is 6.07 Å². The maximum Gasteiger partial charge on any atom is 0.307 e. The molecule has 1 aliphatic carbocycles. The Bertz CT molecular complexity index is 448. The molecule has 16 heavy (non-hydrogen) atoms. The molecule has 0 spiro atoms. The predicted molar refractivity (Wildman–Crippen MR) is 60.5 cm³/mol. The third kappa shape index (κ3) is 1.47. The summed E-state index contributed by atoms with van der Waals surface area (Å²) in [4.78, 5) is 11.1. The monoisotopic (exact) mass is 220 g/mol. The number of phenols is 1. The number of phenolic OH excluding ortho intramolecular Hbond substituents is 1. The van der Waals surface area contributed by atoms with E-state index in [0.717, 1.165) is 11.1 Å². The van der Waals surface area contributed by atoms with Gasteiger partial charge < -0.3 is 10.2 Å². The van der Waals surface area contributed by atoms with Crippen LogP contribution in [0.5, 0.6) is 5.75 Å². The highest BCUT2D eigenvalue weighted by Crippen LogP contribution is 2.65. The Morgan fingerprint density at radius 2 is 2.00 bits per heavy atom. The van der Waals surface area contributed by atoms with Crippen LogP contribution in [0.2, 0.25) is 0 Å². The van der Waals surface area contributed by atoms with Gasteiger partial charge in [-0.25, -0.2) is 0 Å². The van der Waals surface area contributed by atoms with Crippen LogP contribution in [0, 0.1) is 18.3 Å². The number of aromatic hydroxyl groups is 1. The first-order chi connectivity index (χ1) is 7.35. The molecule has 86 valence electrons. The van der Waals surface area contributed by atoms with Gasteiger partial charge in [0.1, 0.15) is 5.75 Å². The molecule has 2 rings (SSSR count). The summed E-state index contributed by atoms with van der Waals surface area (Å²) in [6, 6.07) is 5.42. The van der Waals surface area contributed by atoms with Gasteiger partial charge in [-0.05, 0) is 29.5 Å². The number of aliphatic carboxylic acids is 1. The lowest BCUT2D eigenvalue weighted by Crippen LogP contribution is -2.03. The van der Waals surface area contributed by atoms with Crippen LogP contribution in [0.4, 0.5) is 0 Å². The normalized spacial score (nSPS) is 26.4. The van der Waals surface area contributed by atoms with Gasteiger partial charge in [0.2, 0.25) is 0 Å². The predicted octanol–water partition coefficient (Wildman–Crippen LogP) is 2.52. The lowest BCUT2D eigenvalue weighted by molar-refractivity contribution is -0.139. The van der Waals surface area contributed by atoms with Gasteiger partial charge in [-0.3, -0.25) is 4.79 Å². The van der Waals surface area contributed by atoms with Crippen molar-refractivity contribution in [3.05, 3.63) is 29.3 Å². The number of aryl methyl sites for hydroxylation is 1. The first-order valence-corrected chi connectivity index (χ1v) is 5.38.